The van der Waals surface area contributed by atoms with E-state index in [4.69, 9.17) is 9.26 Å². The second-order valence-electron chi connectivity index (χ2n) is 4.72. The predicted octanol–water partition coefficient (Wildman–Crippen LogP) is 2.88. The number of hydrogen-bond donors (Lipinski definition) is 1. The Labute approximate surface area is 119 Å². The number of nitrogens with one attached hydrogen (secondary N) is 1. The largest absolute Gasteiger partial charge is 0.485 e. The van der Waals surface area contributed by atoms with Gasteiger partial charge in [0.25, 0.3) is 0 Å². The summed E-state index contributed by atoms with van der Waals surface area (Å²) < 4.78 is 10.8. The van der Waals surface area contributed by atoms with Gasteiger partial charge in [-0.3, -0.25) is 0 Å². The first kappa shape index (κ1) is 14.5. The van der Waals surface area contributed by atoms with Gasteiger partial charge in [-0.2, -0.15) is 4.98 Å². The van der Waals surface area contributed by atoms with Crippen LogP contribution in [0.2, 0.25) is 0 Å². The fraction of sp³-hybridized carbons (Fsp3) is 0.467. The van der Waals surface area contributed by atoms with Crippen LogP contribution in [0.4, 0.5) is 0 Å². The van der Waals surface area contributed by atoms with Gasteiger partial charge in [0.1, 0.15) is 5.75 Å². The van der Waals surface area contributed by atoms with Gasteiger partial charge in [0.05, 0.1) is 0 Å². The van der Waals surface area contributed by atoms with E-state index >= 15 is 0 Å². The Morgan fingerprint density at radius 1 is 1.30 bits per heavy atom. The van der Waals surface area contributed by atoms with E-state index in [1.54, 1.807) is 0 Å². The second kappa shape index (κ2) is 7.05. The molecule has 1 atom stereocenters. The van der Waals surface area contributed by atoms with Crippen molar-refractivity contribution in [2.75, 3.05) is 7.05 Å². The van der Waals surface area contributed by atoms with Crippen LogP contribution in [-0.4, -0.2) is 17.2 Å². The van der Waals surface area contributed by atoms with Gasteiger partial charge in [0, 0.05) is 12.5 Å². The highest BCUT2D eigenvalue weighted by Crippen LogP contribution is 2.18. The van der Waals surface area contributed by atoms with E-state index in [9.17, 15) is 0 Å². The minimum Gasteiger partial charge on any atom is -0.485 e. The number of aromatic nitrogens is 2. The van der Waals surface area contributed by atoms with Crippen LogP contribution in [0.15, 0.2) is 28.8 Å². The molecule has 2 rings (SSSR count). The molecule has 108 valence electrons. The Balaban J connectivity index is 1.89. The monoisotopic (exact) mass is 275 g/mol. The van der Waals surface area contributed by atoms with Crippen molar-refractivity contribution in [2.45, 2.75) is 39.3 Å². The third kappa shape index (κ3) is 3.81. The summed E-state index contributed by atoms with van der Waals surface area (Å²) in [5, 5.41) is 7.09. The van der Waals surface area contributed by atoms with E-state index in [0.717, 1.165) is 18.6 Å². The predicted molar refractivity (Wildman–Crippen MR) is 76.5 cm³/mol. The van der Waals surface area contributed by atoms with Gasteiger partial charge in [-0.1, -0.05) is 24.2 Å². The summed E-state index contributed by atoms with van der Waals surface area (Å²) in [5.74, 6) is 2.06. The highest BCUT2D eigenvalue weighted by atomic mass is 16.5. The van der Waals surface area contributed by atoms with Crippen LogP contribution >= 0.6 is 0 Å². The molecule has 0 saturated carbocycles. The molecule has 0 fully saturated rings. The summed E-state index contributed by atoms with van der Waals surface area (Å²) in [6, 6.07) is 8.34. The van der Waals surface area contributed by atoms with Gasteiger partial charge in [0.15, 0.2) is 6.61 Å². The molecule has 0 aliphatic heterocycles. The van der Waals surface area contributed by atoms with Crippen molar-refractivity contribution in [1.82, 2.24) is 15.5 Å². The molecule has 20 heavy (non-hydrogen) atoms. The van der Waals surface area contributed by atoms with Crippen molar-refractivity contribution >= 4 is 0 Å². The van der Waals surface area contributed by atoms with Gasteiger partial charge < -0.3 is 14.6 Å². The summed E-state index contributed by atoms with van der Waals surface area (Å²) in [6.07, 6.45) is 1.80. The van der Waals surface area contributed by atoms with Crippen molar-refractivity contribution in [3.8, 4) is 5.75 Å². The lowest BCUT2D eigenvalue weighted by Crippen LogP contribution is -2.11. The zero-order valence-electron chi connectivity index (χ0n) is 12.2. The standard InChI is InChI=1S/C15H21N3O2/c1-4-5-15-17-14(18-20-15)10-19-13-8-6-12(7-9-13)11(2)16-3/h6-9,11,16H,4-5,10H2,1-3H3. The van der Waals surface area contributed by atoms with E-state index < -0.39 is 0 Å². The molecule has 1 aromatic carbocycles. The topological polar surface area (TPSA) is 60.2 Å². The van der Waals surface area contributed by atoms with Crippen LogP contribution in [0.5, 0.6) is 5.75 Å². The molecular formula is C15H21N3O2. The quantitative estimate of drug-likeness (QED) is 0.842. The molecule has 0 saturated heterocycles. The molecule has 0 aliphatic rings. The summed E-state index contributed by atoms with van der Waals surface area (Å²) in [4.78, 5) is 4.26. The van der Waals surface area contributed by atoms with Crippen molar-refractivity contribution < 1.29 is 9.26 Å². The molecule has 0 aliphatic carbocycles. The lowest BCUT2D eigenvalue weighted by atomic mass is 10.1. The van der Waals surface area contributed by atoms with Crippen LogP contribution in [0.3, 0.4) is 0 Å². The van der Waals surface area contributed by atoms with Gasteiger partial charge in [0.2, 0.25) is 11.7 Å². The second-order valence-corrected chi connectivity index (χ2v) is 4.72. The Morgan fingerprint density at radius 2 is 2.05 bits per heavy atom. The highest BCUT2D eigenvalue weighted by molar-refractivity contribution is 5.28. The maximum Gasteiger partial charge on any atom is 0.226 e. The van der Waals surface area contributed by atoms with E-state index in [1.807, 2.05) is 19.2 Å². The lowest BCUT2D eigenvalue weighted by molar-refractivity contribution is 0.285. The smallest absolute Gasteiger partial charge is 0.226 e. The molecule has 0 spiro atoms. The average molecular weight is 275 g/mol. The first-order chi connectivity index (χ1) is 9.72. The summed E-state index contributed by atoms with van der Waals surface area (Å²) in [7, 11) is 1.94. The lowest BCUT2D eigenvalue weighted by Gasteiger charge is -2.11. The van der Waals surface area contributed by atoms with Gasteiger partial charge in [-0.15, -0.1) is 0 Å². The summed E-state index contributed by atoms with van der Waals surface area (Å²) >= 11 is 0. The molecule has 1 heterocycles. The van der Waals surface area contributed by atoms with Crippen molar-refractivity contribution in [2.24, 2.45) is 0 Å². The first-order valence-corrected chi connectivity index (χ1v) is 6.94. The molecule has 2 aromatic rings. The van der Waals surface area contributed by atoms with Crippen LogP contribution in [0.1, 0.15) is 43.6 Å². The van der Waals surface area contributed by atoms with E-state index in [1.165, 1.54) is 5.56 Å². The number of rotatable bonds is 7. The number of benzene rings is 1. The van der Waals surface area contributed by atoms with Crippen LogP contribution in [0, 0.1) is 0 Å². The van der Waals surface area contributed by atoms with Crippen LogP contribution < -0.4 is 10.1 Å². The average Bonchev–Trinajstić information content (AvgIpc) is 2.93. The molecular weight excluding hydrogens is 254 g/mol. The van der Waals surface area contributed by atoms with E-state index in [2.05, 4.69) is 41.4 Å². The first-order valence-electron chi connectivity index (χ1n) is 6.94. The van der Waals surface area contributed by atoms with E-state index in [-0.39, 0.29) is 0 Å². The number of hydrogen-bond acceptors (Lipinski definition) is 5. The Hall–Kier alpha value is -1.88. The third-order valence-corrected chi connectivity index (χ3v) is 3.16. The fourth-order valence-electron chi connectivity index (χ4n) is 1.83. The van der Waals surface area contributed by atoms with Crippen molar-refractivity contribution in [3.05, 3.63) is 41.5 Å². The molecule has 0 bridgehead atoms. The molecule has 0 radical (unpaired) electrons. The van der Waals surface area contributed by atoms with Crippen molar-refractivity contribution in [1.29, 1.82) is 0 Å². The third-order valence-electron chi connectivity index (χ3n) is 3.16. The fourth-order valence-corrected chi connectivity index (χ4v) is 1.83. The van der Waals surface area contributed by atoms with Crippen LogP contribution in [-0.2, 0) is 13.0 Å². The number of nitrogens with zero attached hydrogens (tertiary/aromatic N) is 2. The number of aryl methyl sites for hydroxylation is 1. The minimum absolute atomic E-state index is 0.328. The Morgan fingerprint density at radius 3 is 2.70 bits per heavy atom. The van der Waals surface area contributed by atoms with Crippen molar-refractivity contribution in [3.63, 3.8) is 0 Å². The number of ether oxygens (including phenoxy) is 1. The molecule has 0 amide bonds. The molecule has 5 nitrogen and oxygen atoms in total. The summed E-state index contributed by atoms with van der Waals surface area (Å²) in [5.41, 5.74) is 1.23. The molecule has 1 N–H and O–H groups in total. The minimum atomic E-state index is 0.328. The normalized spacial score (nSPS) is 12.3. The molecule has 5 heteroatoms. The Bertz CT molecular complexity index is 522. The SMILES string of the molecule is CCCc1nc(COc2ccc(C(C)NC)cc2)no1. The van der Waals surface area contributed by atoms with Gasteiger partial charge in [-0.25, -0.2) is 0 Å². The maximum atomic E-state index is 5.65. The zero-order valence-corrected chi connectivity index (χ0v) is 12.2. The zero-order chi connectivity index (χ0) is 14.4. The maximum absolute atomic E-state index is 5.65. The summed E-state index contributed by atoms with van der Waals surface area (Å²) in [6.45, 7) is 4.52. The molecule has 1 aromatic heterocycles. The van der Waals surface area contributed by atoms with Gasteiger partial charge in [-0.05, 0) is 38.1 Å². The van der Waals surface area contributed by atoms with Crippen LogP contribution in [0.25, 0.3) is 0 Å². The Kier molecular flexibility index (Phi) is 5.12. The van der Waals surface area contributed by atoms with E-state index in [0.29, 0.717) is 24.4 Å². The highest BCUT2D eigenvalue weighted by Gasteiger charge is 2.07. The van der Waals surface area contributed by atoms with Gasteiger partial charge >= 0.3 is 0 Å². The molecule has 1 unspecified atom stereocenters.